The fourth-order valence-electron chi connectivity index (χ4n) is 10.9. The molecule has 5 N–H and O–H groups in total. The monoisotopic (exact) mass is 590 g/mol. The molecule has 1 unspecified atom stereocenters. The first-order chi connectivity index (χ1) is 20.1. The van der Waals surface area contributed by atoms with Gasteiger partial charge in [-0.15, -0.1) is 0 Å². The fourth-order valence-corrected chi connectivity index (χ4v) is 10.9. The standard InChI is InChI=1S/C36H67N3O3/c1-26(25-42-28(3)40)12-10-13-27(2)30-14-15-31-29-24-33(39-23-11-22-38-21-9-8-20-37)36(41)18-7-6-17-35(36,5)32(29)16-19-34(30,31)4/h26-27,29-33,38-39,41H,6-25,37H2,1-5H3/t26?,27-,29+,30-,31+,32+,33-,34-,35-,36+/m1/s1. The van der Waals surface area contributed by atoms with Crippen molar-refractivity contribution in [2.75, 3.05) is 32.8 Å². The highest BCUT2D eigenvalue weighted by Crippen LogP contribution is 2.69. The van der Waals surface area contributed by atoms with Crippen molar-refractivity contribution in [1.82, 2.24) is 10.6 Å². The Labute approximate surface area is 258 Å². The van der Waals surface area contributed by atoms with Gasteiger partial charge in [0.1, 0.15) is 0 Å². The van der Waals surface area contributed by atoms with E-state index in [2.05, 4.69) is 38.3 Å². The fraction of sp³-hybridized carbons (Fsp3) is 0.972. The van der Waals surface area contributed by atoms with Gasteiger partial charge in [-0.05, 0) is 138 Å². The largest absolute Gasteiger partial charge is 0.466 e. The predicted molar refractivity (Wildman–Crippen MR) is 173 cm³/mol. The summed E-state index contributed by atoms with van der Waals surface area (Å²) >= 11 is 0. The molecule has 0 heterocycles. The number of aliphatic hydroxyl groups is 1. The molecule has 6 nitrogen and oxygen atoms in total. The van der Waals surface area contributed by atoms with Crippen LogP contribution in [0.15, 0.2) is 0 Å². The average Bonchev–Trinajstić information content (AvgIpc) is 3.31. The Bertz CT molecular complexity index is 855. The zero-order valence-corrected chi connectivity index (χ0v) is 28.0. The van der Waals surface area contributed by atoms with Crippen LogP contribution in [0.5, 0.6) is 0 Å². The molecular weight excluding hydrogens is 522 g/mol. The molecule has 0 amide bonds. The summed E-state index contributed by atoms with van der Waals surface area (Å²) in [6, 6.07) is 0.221. The SMILES string of the molecule is CC(=O)OCC(C)CCC[C@@H](C)[C@H]1CC[C@H]2[C@@H]3C[C@@H](NCCCNCCCCN)[C@@]4(O)CCCC[C@]4(C)[C@H]3CC[C@]12C. The summed E-state index contributed by atoms with van der Waals surface area (Å²) in [5.41, 5.74) is 5.53. The minimum absolute atomic E-state index is 0.0371. The number of rotatable bonds is 16. The third-order valence-electron chi connectivity index (χ3n) is 13.2. The second-order valence-corrected chi connectivity index (χ2v) is 15.8. The highest BCUT2D eigenvalue weighted by Gasteiger charge is 2.66. The summed E-state index contributed by atoms with van der Waals surface area (Å²) in [7, 11) is 0. The van der Waals surface area contributed by atoms with Gasteiger partial charge < -0.3 is 26.2 Å². The highest BCUT2D eigenvalue weighted by atomic mass is 16.5. The lowest BCUT2D eigenvalue weighted by Crippen LogP contribution is -2.70. The second-order valence-electron chi connectivity index (χ2n) is 15.8. The zero-order valence-electron chi connectivity index (χ0n) is 28.0. The summed E-state index contributed by atoms with van der Waals surface area (Å²) < 4.78 is 5.25. The van der Waals surface area contributed by atoms with E-state index in [1.54, 1.807) is 0 Å². The van der Waals surface area contributed by atoms with Crippen molar-refractivity contribution in [2.24, 2.45) is 52.1 Å². The lowest BCUT2D eigenvalue weighted by molar-refractivity contribution is -0.220. The molecule has 0 bridgehead atoms. The van der Waals surface area contributed by atoms with Crippen molar-refractivity contribution in [3.63, 3.8) is 0 Å². The van der Waals surface area contributed by atoms with E-state index >= 15 is 0 Å². The van der Waals surface area contributed by atoms with Gasteiger partial charge >= 0.3 is 5.97 Å². The van der Waals surface area contributed by atoms with Crippen LogP contribution >= 0.6 is 0 Å². The van der Waals surface area contributed by atoms with Crippen molar-refractivity contribution in [2.45, 2.75) is 143 Å². The number of carbonyl (C=O) groups is 1. The van der Waals surface area contributed by atoms with Crippen LogP contribution in [0.3, 0.4) is 0 Å². The molecule has 0 aromatic rings. The van der Waals surface area contributed by atoms with Gasteiger partial charge in [-0.1, -0.05) is 53.4 Å². The first-order valence-electron chi connectivity index (χ1n) is 18.1. The Balaban J connectivity index is 1.38. The van der Waals surface area contributed by atoms with Gasteiger partial charge in [-0.2, -0.15) is 0 Å². The van der Waals surface area contributed by atoms with Gasteiger partial charge in [0.2, 0.25) is 0 Å². The molecular formula is C36H67N3O3. The van der Waals surface area contributed by atoms with Crippen LogP contribution < -0.4 is 16.4 Å². The topological polar surface area (TPSA) is 96.6 Å². The van der Waals surface area contributed by atoms with Gasteiger partial charge in [0, 0.05) is 18.4 Å². The van der Waals surface area contributed by atoms with Crippen LogP contribution in [-0.4, -0.2) is 55.5 Å². The van der Waals surface area contributed by atoms with Crippen LogP contribution in [-0.2, 0) is 9.53 Å². The minimum Gasteiger partial charge on any atom is -0.466 e. The van der Waals surface area contributed by atoms with E-state index in [9.17, 15) is 9.90 Å². The molecule has 0 saturated heterocycles. The van der Waals surface area contributed by atoms with Gasteiger partial charge in [0.15, 0.2) is 0 Å². The lowest BCUT2D eigenvalue weighted by atomic mass is 9.42. The smallest absolute Gasteiger partial charge is 0.302 e. The average molecular weight is 590 g/mol. The molecule has 244 valence electrons. The van der Waals surface area contributed by atoms with Crippen LogP contribution in [0.25, 0.3) is 0 Å². The van der Waals surface area contributed by atoms with Crippen molar-refractivity contribution in [3.05, 3.63) is 0 Å². The van der Waals surface area contributed by atoms with Crippen molar-refractivity contribution in [3.8, 4) is 0 Å². The Hall–Kier alpha value is -0.690. The van der Waals surface area contributed by atoms with Crippen molar-refractivity contribution >= 4 is 5.97 Å². The zero-order chi connectivity index (χ0) is 30.4. The van der Waals surface area contributed by atoms with E-state index < -0.39 is 5.60 Å². The summed E-state index contributed by atoms with van der Waals surface area (Å²) in [5.74, 6) is 4.03. The maximum Gasteiger partial charge on any atom is 0.302 e. The van der Waals surface area contributed by atoms with E-state index in [0.717, 1.165) is 88.4 Å². The van der Waals surface area contributed by atoms with Crippen LogP contribution in [0.2, 0.25) is 0 Å². The molecule has 0 radical (unpaired) electrons. The van der Waals surface area contributed by atoms with Crippen LogP contribution in [0, 0.1) is 46.3 Å². The van der Waals surface area contributed by atoms with Gasteiger partial charge in [-0.25, -0.2) is 0 Å². The molecule has 10 atom stereocenters. The maximum absolute atomic E-state index is 12.5. The molecule has 6 heteroatoms. The highest BCUT2D eigenvalue weighted by molar-refractivity contribution is 5.65. The molecule has 4 saturated carbocycles. The quantitative estimate of drug-likeness (QED) is 0.122. The van der Waals surface area contributed by atoms with Gasteiger partial charge in [-0.3, -0.25) is 4.79 Å². The number of carbonyl (C=O) groups excluding carboxylic acids is 1. The number of hydrogen-bond acceptors (Lipinski definition) is 6. The molecule has 4 fully saturated rings. The van der Waals surface area contributed by atoms with E-state index in [1.807, 2.05) is 0 Å². The molecule has 0 aromatic heterocycles. The summed E-state index contributed by atoms with van der Waals surface area (Å²) in [5, 5.41) is 20.0. The number of nitrogens with one attached hydrogen (secondary N) is 2. The minimum atomic E-state index is -0.567. The third kappa shape index (κ3) is 7.23. The number of ether oxygens (including phenoxy) is 1. The number of fused-ring (bicyclic) bond motifs is 5. The van der Waals surface area contributed by atoms with Crippen molar-refractivity contribution < 1.29 is 14.6 Å². The van der Waals surface area contributed by atoms with E-state index in [0.29, 0.717) is 23.9 Å². The molecule has 4 aliphatic carbocycles. The van der Waals surface area contributed by atoms with Crippen LogP contribution in [0.4, 0.5) is 0 Å². The number of hydrogen-bond donors (Lipinski definition) is 4. The molecule has 4 aliphatic rings. The maximum atomic E-state index is 12.5. The molecule has 0 spiro atoms. The van der Waals surface area contributed by atoms with E-state index in [-0.39, 0.29) is 17.4 Å². The predicted octanol–water partition coefficient (Wildman–Crippen LogP) is 6.44. The van der Waals surface area contributed by atoms with Gasteiger partial charge in [0.25, 0.3) is 0 Å². The second kappa shape index (κ2) is 15.1. The molecule has 0 aromatic carbocycles. The number of nitrogens with two attached hydrogens (primary N) is 1. The molecule has 4 rings (SSSR count). The third-order valence-corrected chi connectivity index (χ3v) is 13.2. The van der Waals surface area contributed by atoms with Crippen molar-refractivity contribution in [1.29, 1.82) is 0 Å². The van der Waals surface area contributed by atoms with Gasteiger partial charge in [0.05, 0.1) is 12.2 Å². The lowest BCUT2D eigenvalue weighted by Gasteiger charge is -2.66. The number of unbranched alkanes of at least 4 members (excludes halogenated alkanes) is 1. The normalized spacial score (nSPS) is 39.2. The number of esters is 1. The Morgan fingerprint density at radius 2 is 1.71 bits per heavy atom. The summed E-state index contributed by atoms with van der Waals surface area (Å²) in [6.07, 6.45) is 18.2. The summed E-state index contributed by atoms with van der Waals surface area (Å²) in [4.78, 5) is 11.2. The Kier molecular flexibility index (Phi) is 12.3. The Morgan fingerprint density at radius 1 is 0.952 bits per heavy atom. The van der Waals surface area contributed by atoms with E-state index in [1.165, 1.54) is 64.7 Å². The summed E-state index contributed by atoms with van der Waals surface area (Å²) in [6.45, 7) is 15.8. The first kappa shape index (κ1) is 34.2. The molecule has 0 aliphatic heterocycles. The Morgan fingerprint density at radius 3 is 2.48 bits per heavy atom. The first-order valence-corrected chi connectivity index (χ1v) is 18.1. The van der Waals surface area contributed by atoms with E-state index in [4.69, 9.17) is 10.5 Å². The van der Waals surface area contributed by atoms with Crippen LogP contribution in [0.1, 0.15) is 131 Å². The molecule has 42 heavy (non-hydrogen) atoms.